The second kappa shape index (κ2) is 7.44. The monoisotopic (exact) mass is 300 g/mol. The van der Waals surface area contributed by atoms with Gasteiger partial charge < -0.3 is 9.47 Å². The van der Waals surface area contributed by atoms with Gasteiger partial charge in [0.1, 0.15) is 6.42 Å². The second-order valence-corrected chi connectivity index (χ2v) is 3.99. The lowest BCUT2D eigenvalue weighted by Crippen LogP contribution is -2.12. The van der Waals surface area contributed by atoms with Crippen molar-refractivity contribution in [1.29, 1.82) is 0 Å². The molecule has 0 heterocycles. The fraction of sp³-hybridized carbons (Fsp3) is 0.333. The van der Waals surface area contributed by atoms with Crippen molar-refractivity contribution in [1.82, 2.24) is 0 Å². The van der Waals surface area contributed by atoms with Gasteiger partial charge in [0.15, 0.2) is 5.90 Å². The third-order valence-corrected chi connectivity index (χ3v) is 2.54. The highest BCUT2D eigenvalue weighted by Crippen LogP contribution is 2.29. The molecule has 0 aliphatic rings. The topological polar surface area (TPSA) is 91.0 Å². The summed E-state index contributed by atoms with van der Waals surface area (Å²) in [5, 5.41) is 10.9. The molecule has 0 fully saturated rings. The number of nitrogens with zero attached hydrogens (tertiary/aromatic N) is 2. The van der Waals surface area contributed by atoms with E-state index in [0.29, 0.717) is 0 Å². The Kier molecular flexibility index (Phi) is 5.92. The number of nitro benzene ring substituents is 1. The van der Waals surface area contributed by atoms with Crippen LogP contribution < -0.4 is 0 Å². The number of methoxy groups -OCH3 is 1. The molecule has 1 rings (SSSR count). The lowest BCUT2D eigenvalue weighted by atomic mass is 10.3. The molecule has 0 unspecified atom stereocenters. The summed E-state index contributed by atoms with van der Waals surface area (Å²) in [6.07, 6.45) is -0.177. The van der Waals surface area contributed by atoms with Gasteiger partial charge in [-0.2, -0.15) is 0 Å². The fourth-order valence-electron chi connectivity index (χ4n) is 1.33. The Bertz CT molecular complexity index is 545. The average molecular weight is 301 g/mol. The molecule has 7 nitrogen and oxygen atoms in total. The quantitative estimate of drug-likeness (QED) is 0.274. The van der Waals surface area contributed by atoms with Gasteiger partial charge in [0, 0.05) is 12.1 Å². The molecule has 20 heavy (non-hydrogen) atoms. The van der Waals surface area contributed by atoms with Gasteiger partial charge in [0.05, 0.1) is 29.4 Å². The number of ether oxygens (including phenoxy) is 2. The minimum atomic E-state index is -0.562. The number of hydrogen-bond donors (Lipinski definition) is 0. The van der Waals surface area contributed by atoms with Gasteiger partial charge in [-0.05, 0) is 13.0 Å². The molecule has 0 saturated heterocycles. The van der Waals surface area contributed by atoms with E-state index in [2.05, 4.69) is 4.99 Å². The third kappa shape index (κ3) is 4.51. The molecule has 0 aliphatic carbocycles. The van der Waals surface area contributed by atoms with Crippen molar-refractivity contribution in [2.75, 3.05) is 13.7 Å². The molecule has 1 aromatic rings. The van der Waals surface area contributed by atoms with E-state index in [9.17, 15) is 14.9 Å². The highest BCUT2D eigenvalue weighted by Gasteiger charge is 2.13. The second-order valence-electron chi connectivity index (χ2n) is 3.58. The van der Waals surface area contributed by atoms with Crippen LogP contribution in [0.2, 0.25) is 5.02 Å². The summed E-state index contributed by atoms with van der Waals surface area (Å²) in [6, 6.07) is 3.82. The number of nitro groups is 1. The van der Waals surface area contributed by atoms with E-state index in [0.717, 1.165) is 0 Å². The molecule has 0 spiro atoms. The van der Waals surface area contributed by atoms with Crippen LogP contribution >= 0.6 is 11.6 Å². The van der Waals surface area contributed by atoms with Gasteiger partial charge in [-0.3, -0.25) is 14.9 Å². The van der Waals surface area contributed by atoms with E-state index >= 15 is 0 Å². The molecule has 0 aromatic heterocycles. The maximum absolute atomic E-state index is 11.3. The van der Waals surface area contributed by atoms with E-state index < -0.39 is 10.9 Å². The van der Waals surface area contributed by atoms with Crippen molar-refractivity contribution < 1.29 is 19.2 Å². The average Bonchev–Trinajstić information content (AvgIpc) is 2.40. The lowest BCUT2D eigenvalue weighted by molar-refractivity contribution is -0.384. The van der Waals surface area contributed by atoms with Crippen molar-refractivity contribution in [2.45, 2.75) is 13.3 Å². The molecule has 1 aromatic carbocycles. The van der Waals surface area contributed by atoms with Crippen LogP contribution in [0, 0.1) is 10.1 Å². The minimum absolute atomic E-state index is 0.0610. The summed E-state index contributed by atoms with van der Waals surface area (Å²) in [5.41, 5.74) is 0.00162. The first kappa shape index (κ1) is 15.9. The Morgan fingerprint density at radius 1 is 1.50 bits per heavy atom. The molecular formula is C12H13ClN2O5. The van der Waals surface area contributed by atoms with Crippen LogP contribution in [0.15, 0.2) is 23.2 Å². The van der Waals surface area contributed by atoms with Gasteiger partial charge in [-0.1, -0.05) is 11.6 Å². The standard InChI is InChI=1S/C12H13ClN2O5/c1-3-20-12(16)7-11(19-2)14-10-6-8(15(17)18)4-5-9(10)13/h4-6H,3,7H2,1-2H3/b14-11+. The Balaban J connectivity index is 3.02. The number of carbonyl (C=O) groups is 1. The number of hydrogen-bond acceptors (Lipinski definition) is 6. The number of carbonyl (C=O) groups excluding carboxylic acids is 1. The lowest BCUT2D eigenvalue weighted by Gasteiger charge is -2.05. The zero-order valence-corrected chi connectivity index (χ0v) is 11.7. The fourth-order valence-corrected chi connectivity index (χ4v) is 1.49. The molecule has 0 aliphatic heterocycles. The highest BCUT2D eigenvalue weighted by molar-refractivity contribution is 6.33. The predicted molar refractivity (Wildman–Crippen MR) is 73.5 cm³/mol. The van der Waals surface area contributed by atoms with E-state index in [4.69, 9.17) is 21.1 Å². The van der Waals surface area contributed by atoms with Crippen molar-refractivity contribution in [3.63, 3.8) is 0 Å². The Morgan fingerprint density at radius 3 is 2.75 bits per heavy atom. The van der Waals surface area contributed by atoms with Crippen LogP contribution in [-0.4, -0.2) is 30.5 Å². The number of halogens is 1. The van der Waals surface area contributed by atoms with Crippen LogP contribution in [0.5, 0.6) is 0 Å². The van der Waals surface area contributed by atoms with Crippen LogP contribution in [0.3, 0.4) is 0 Å². The molecule has 0 radical (unpaired) electrons. The molecule has 0 bridgehead atoms. The Hall–Kier alpha value is -2.15. The molecule has 108 valence electrons. The molecule has 0 saturated carbocycles. The summed E-state index contributed by atoms with van der Waals surface area (Å²) in [5.74, 6) is -0.444. The van der Waals surface area contributed by atoms with Crippen LogP contribution in [0.1, 0.15) is 13.3 Å². The van der Waals surface area contributed by atoms with Gasteiger partial charge in [0.25, 0.3) is 5.69 Å². The SMILES string of the molecule is CCOC(=O)C/C(=N\c1cc([N+](=O)[O-])ccc1Cl)OC. The predicted octanol–water partition coefficient (Wildman–Crippen LogP) is 2.88. The van der Waals surface area contributed by atoms with Crippen molar-refractivity contribution >= 4 is 34.8 Å². The van der Waals surface area contributed by atoms with Gasteiger partial charge in [-0.25, -0.2) is 4.99 Å². The maximum atomic E-state index is 11.3. The van der Waals surface area contributed by atoms with Gasteiger partial charge in [-0.15, -0.1) is 0 Å². The van der Waals surface area contributed by atoms with E-state index in [1.165, 1.54) is 25.3 Å². The molecule has 0 amide bonds. The third-order valence-electron chi connectivity index (χ3n) is 2.22. The van der Waals surface area contributed by atoms with Gasteiger partial charge in [0.2, 0.25) is 0 Å². The Morgan fingerprint density at radius 2 is 2.20 bits per heavy atom. The van der Waals surface area contributed by atoms with Crippen molar-refractivity contribution in [3.05, 3.63) is 33.3 Å². The summed E-state index contributed by atoms with van der Waals surface area (Å²) in [4.78, 5) is 25.5. The highest BCUT2D eigenvalue weighted by atomic mass is 35.5. The zero-order valence-electron chi connectivity index (χ0n) is 11.0. The van der Waals surface area contributed by atoms with Gasteiger partial charge >= 0.3 is 5.97 Å². The first-order valence-electron chi connectivity index (χ1n) is 5.69. The van der Waals surface area contributed by atoms with E-state index in [1.54, 1.807) is 6.92 Å². The molecule has 0 N–H and O–H groups in total. The molecule has 0 atom stereocenters. The summed E-state index contributed by atoms with van der Waals surface area (Å²) in [6.45, 7) is 1.92. The Labute approximate surface area is 120 Å². The maximum Gasteiger partial charge on any atom is 0.315 e. The first-order valence-corrected chi connectivity index (χ1v) is 6.06. The van der Waals surface area contributed by atoms with Crippen LogP contribution in [0.4, 0.5) is 11.4 Å². The first-order chi connectivity index (χ1) is 9.47. The molecular weight excluding hydrogens is 288 g/mol. The number of esters is 1. The smallest absolute Gasteiger partial charge is 0.315 e. The van der Waals surface area contributed by atoms with E-state index in [-0.39, 0.29) is 35.3 Å². The van der Waals surface area contributed by atoms with Crippen LogP contribution in [0.25, 0.3) is 0 Å². The largest absolute Gasteiger partial charge is 0.484 e. The summed E-state index contributed by atoms with van der Waals surface area (Å²) in [7, 11) is 1.34. The number of non-ortho nitro benzene ring substituents is 1. The zero-order chi connectivity index (χ0) is 15.1. The number of rotatable bonds is 5. The summed E-state index contributed by atoms with van der Waals surface area (Å²) < 4.78 is 9.71. The minimum Gasteiger partial charge on any atom is -0.484 e. The van der Waals surface area contributed by atoms with Crippen molar-refractivity contribution in [3.8, 4) is 0 Å². The summed E-state index contributed by atoms with van der Waals surface area (Å²) >= 11 is 5.90. The normalized spacial score (nSPS) is 11.1. The van der Waals surface area contributed by atoms with Crippen LogP contribution in [-0.2, 0) is 14.3 Å². The number of aliphatic imine (C=N–C) groups is 1. The molecule has 8 heteroatoms. The van der Waals surface area contributed by atoms with E-state index in [1.807, 2.05) is 0 Å². The number of benzene rings is 1. The van der Waals surface area contributed by atoms with Crippen molar-refractivity contribution in [2.24, 2.45) is 4.99 Å².